The molecular weight excluding hydrogens is 274 g/mol. The van der Waals surface area contributed by atoms with Gasteiger partial charge >= 0.3 is 0 Å². The van der Waals surface area contributed by atoms with Gasteiger partial charge in [0.2, 0.25) is 17.7 Å². The molecule has 16 heavy (non-hydrogen) atoms. The van der Waals surface area contributed by atoms with E-state index < -0.39 is 0 Å². The molecule has 0 fully saturated rings. The van der Waals surface area contributed by atoms with Crippen LogP contribution in [0.2, 0.25) is 0 Å². The molecule has 6 heteroatoms. The van der Waals surface area contributed by atoms with Crippen LogP contribution >= 0.6 is 15.9 Å². The largest absolute Gasteiger partial charge is 0.481 e. The van der Waals surface area contributed by atoms with Gasteiger partial charge in [-0.2, -0.15) is 9.97 Å². The van der Waals surface area contributed by atoms with Gasteiger partial charge in [0.05, 0.1) is 20.3 Å². The van der Waals surface area contributed by atoms with Gasteiger partial charge in [-0.3, -0.25) is 0 Å². The smallest absolute Gasteiger partial charge is 0.231 e. The van der Waals surface area contributed by atoms with Crippen LogP contribution in [0.15, 0.2) is 6.07 Å². The molecule has 0 spiro atoms. The van der Waals surface area contributed by atoms with E-state index in [9.17, 15) is 0 Å². The first-order chi connectivity index (χ1) is 7.56. The van der Waals surface area contributed by atoms with E-state index in [2.05, 4.69) is 32.8 Å². The average molecular weight is 290 g/mol. The third kappa shape index (κ3) is 3.52. The Balaban J connectivity index is 2.93. The van der Waals surface area contributed by atoms with E-state index >= 15 is 0 Å². The summed E-state index contributed by atoms with van der Waals surface area (Å²) in [4.78, 5) is 10.8. The monoisotopic (exact) mass is 289 g/mol. The number of hydrogen-bond donors (Lipinski definition) is 0. The average Bonchev–Trinajstić information content (AvgIpc) is 2.27. The second kappa shape index (κ2) is 5.89. The van der Waals surface area contributed by atoms with Gasteiger partial charge in [-0.15, -0.1) is 0 Å². The SMILES string of the molecule is COc1cc(OC)nc(N(C)CC(C)Br)n1. The Morgan fingerprint density at radius 3 is 2.19 bits per heavy atom. The summed E-state index contributed by atoms with van der Waals surface area (Å²) in [6.45, 7) is 2.87. The first kappa shape index (κ1) is 13.0. The Hall–Kier alpha value is -1.04. The number of aromatic nitrogens is 2. The maximum absolute atomic E-state index is 5.08. The molecule has 0 N–H and O–H groups in total. The zero-order valence-electron chi connectivity index (χ0n) is 9.90. The van der Waals surface area contributed by atoms with Crippen molar-refractivity contribution in [3.8, 4) is 11.8 Å². The van der Waals surface area contributed by atoms with E-state index in [0.717, 1.165) is 6.54 Å². The second-order valence-corrected chi connectivity index (χ2v) is 4.98. The van der Waals surface area contributed by atoms with Gasteiger partial charge in [-0.25, -0.2) is 0 Å². The second-order valence-electron chi connectivity index (χ2n) is 3.41. The quantitative estimate of drug-likeness (QED) is 0.773. The summed E-state index contributed by atoms with van der Waals surface area (Å²) in [5, 5.41) is 0. The van der Waals surface area contributed by atoms with Crippen LogP contribution in [0.4, 0.5) is 5.95 Å². The zero-order valence-corrected chi connectivity index (χ0v) is 11.5. The summed E-state index contributed by atoms with van der Waals surface area (Å²) in [5.74, 6) is 1.58. The first-order valence-electron chi connectivity index (χ1n) is 4.89. The van der Waals surface area contributed by atoms with E-state index in [1.54, 1.807) is 20.3 Å². The van der Waals surface area contributed by atoms with Crippen LogP contribution in [-0.4, -0.2) is 42.6 Å². The highest BCUT2D eigenvalue weighted by atomic mass is 79.9. The number of ether oxygens (including phenoxy) is 2. The molecule has 0 radical (unpaired) electrons. The fourth-order valence-electron chi connectivity index (χ4n) is 1.23. The highest BCUT2D eigenvalue weighted by Crippen LogP contribution is 2.19. The highest BCUT2D eigenvalue weighted by molar-refractivity contribution is 9.09. The van der Waals surface area contributed by atoms with Crippen LogP contribution in [-0.2, 0) is 0 Å². The van der Waals surface area contributed by atoms with Crippen molar-refractivity contribution in [1.29, 1.82) is 0 Å². The first-order valence-corrected chi connectivity index (χ1v) is 5.80. The normalized spacial score (nSPS) is 12.1. The van der Waals surface area contributed by atoms with E-state index in [0.29, 0.717) is 22.5 Å². The van der Waals surface area contributed by atoms with Crippen molar-refractivity contribution >= 4 is 21.9 Å². The molecular formula is C10H16BrN3O2. The van der Waals surface area contributed by atoms with Crippen molar-refractivity contribution in [3.63, 3.8) is 0 Å². The Bertz CT molecular complexity index is 325. The number of methoxy groups -OCH3 is 2. The van der Waals surface area contributed by atoms with Crippen LogP contribution in [0, 0.1) is 0 Å². The lowest BCUT2D eigenvalue weighted by Gasteiger charge is -2.19. The summed E-state index contributed by atoms with van der Waals surface area (Å²) < 4.78 is 10.2. The van der Waals surface area contributed by atoms with Crippen molar-refractivity contribution in [1.82, 2.24) is 9.97 Å². The molecule has 0 aromatic carbocycles. The van der Waals surface area contributed by atoms with Gasteiger partial charge in [-0.1, -0.05) is 22.9 Å². The van der Waals surface area contributed by atoms with Crippen molar-refractivity contribution < 1.29 is 9.47 Å². The van der Waals surface area contributed by atoms with Gasteiger partial charge in [0.25, 0.3) is 0 Å². The Labute approximate surface area is 104 Å². The third-order valence-corrected chi connectivity index (χ3v) is 2.24. The molecule has 0 aliphatic carbocycles. The Morgan fingerprint density at radius 2 is 1.81 bits per heavy atom. The molecule has 1 aromatic heterocycles. The van der Waals surface area contributed by atoms with Crippen LogP contribution in [0.3, 0.4) is 0 Å². The molecule has 0 aliphatic heterocycles. The van der Waals surface area contributed by atoms with Gasteiger partial charge in [-0.05, 0) is 0 Å². The fourth-order valence-corrected chi connectivity index (χ4v) is 1.67. The summed E-state index contributed by atoms with van der Waals surface area (Å²) in [6, 6.07) is 1.65. The van der Waals surface area contributed by atoms with Crippen LogP contribution in [0.1, 0.15) is 6.92 Å². The summed E-state index contributed by atoms with van der Waals surface area (Å²) in [6.07, 6.45) is 0. The molecule has 1 aromatic rings. The van der Waals surface area contributed by atoms with Gasteiger partial charge < -0.3 is 14.4 Å². The lowest BCUT2D eigenvalue weighted by molar-refractivity contribution is 0.372. The Kier molecular flexibility index (Phi) is 4.79. The summed E-state index contributed by atoms with van der Waals surface area (Å²) >= 11 is 3.48. The minimum atomic E-state index is 0.360. The molecule has 90 valence electrons. The van der Waals surface area contributed by atoms with Crippen molar-refractivity contribution in [2.24, 2.45) is 0 Å². The molecule has 1 heterocycles. The molecule has 1 atom stereocenters. The minimum absolute atomic E-state index is 0.360. The molecule has 0 bridgehead atoms. The lowest BCUT2D eigenvalue weighted by atomic mass is 10.4. The molecule has 0 aliphatic rings. The molecule has 0 amide bonds. The predicted molar refractivity (Wildman–Crippen MR) is 66.8 cm³/mol. The third-order valence-electron chi connectivity index (χ3n) is 1.95. The molecule has 1 unspecified atom stereocenters. The number of halogens is 1. The van der Waals surface area contributed by atoms with Crippen molar-refractivity contribution in [3.05, 3.63) is 6.07 Å². The van der Waals surface area contributed by atoms with Gasteiger partial charge in [0.1, 0.15) is 0 Å². The Morgan fingerprint density at radius 1 is 1.31 bits per heavy atom. The van der Waals surface area contributed by atoms with Crippen LogP contribution in [0.25, 0.3) is 0 Å². The molecule has 5 nitrogen and oxygen atoms in total. The maximum Gasteiger partial charge on any atom is 0.231 e. The standard InChI is InChI=1S/C10H16BrN3O2/c1-7(11)6-14(2)10-12-8(15-3)5-9(13-10)16-4/h5,7H,6H2,1-4H3. The van der Waals surface area contributed by atoms with E-state index in [1.165, 1.54) is 0 Å². The highest BCUT2D eigenvalue weighted by Gasteiger charge is 2.11. The topological polar surface area (TPSA) is 47.5 Å². The summed E-state index contributed by atoms with van der Waals surface area (Å²) in [7, 11) is 5.06. The molecule has 1 rings (SSSR count). The number of alkyl halides is 1. The van der Waals surface area contributed by atoms with Gasteiger partial charge in [0.15, 0.2) is 0 Å². The van der Waals surface area contributed by atoms with Crippen molar-refractivity contribution in [2.45, 2.75) is 11.8 Å². The number of nitrogens with zero attached hydrogens (tertiary/aromatic N) is 3. The van der Waals surface area contributed by atoms with E-state index in [-0.39, 0.29) is 0 Å². The van der Waals surface area contributed by atoms with Gasteiger partial charge in [0, 0.05) is 18.4 Å². The fraction of sp³-hybridized carbons (Fsp3) is 0.600. The van der Waals surface area contributed by atoms with E-state index in [1.807, 2.05) is 11.9 Å². The number of rotatable bonds is 5. The molecule has 0 saturated carbocycles. The number of anilines is 1. The summed E-state index contributed by atoms with van der Waals surface area (Å²) in [5.41, 5.74) is 0. The predicted octanol–water partition coefficient (Wildman–Crippen LogP) is 1.71. The zero-order chi connectivity index (χ0) is 12.1. The minimum Gasteiger partial charge on any atom is -0.481 e. The van der Waals surface area contributed by atoms with E-state index in [4.69, 9.17) is 9.47 Å². The number of hydrogen-bond acceptors (Lipinski definition) is 5. The van der Waals surface area contributed by atoms with Crippen LogP contribution in [0.5, 0.6) is 11.8 Å². The van der Waals surface area contributed by atoms with Crippen LogP contribution < -0.4 is 14.4 Å². The lowest BCUT2D eigenvalue weighted by Crippen LogP contribution is -2.26. The van der Waals surface area contributed by atoms with Crippen molar-refractivity contribution in [2.75, 3.05) is 32.7 Å². The maximum atomic E-state index is 5.08. The molecule has 0 saturated heterocycles.